The molecule has 0 N–H and O–H groups in total. The molecule has 0 aliphatic carbocycles. The van der Waals surface area contributed by atoms with E-state index in [-0.39, 0.29) is 0 Å². The van der Waals surface area contributed by atoms with Crippen molar-refractivity contribution in [1.82, 2.24) is 0 Å². The van der Waals surface area contributed by atoms with Crippen molar-refractivity contribution in [3.63, 3.8) is 0 Å². The van der Waals surface area contributed by atoms with Crippen LogP contribution in [0.3, 0.4) is 0 Å². The summed E-state index contributed by atoms with van der Waals surface area (Å²) in [5, 5.41) is 0. The molecule has 0 spiro atoms. The Labute approximate surface area is 107 Å². The van der Waals surface area contributed by atoms with E-state index in [1.165, 1.54) is 9.81 Å². The van der Waals surface area contributed by atoms with Gasteiger partial charge in [-0.2, -0.15) is 0 Å². The van der Waals surface area contributed by atoms with Crippen LogP contribution in [0.5, 0.6) is 0 Å². The van der Waals surface area contributed by atoms with Crippen molar-refractivity contribution in [3.05, 3.63) is 26.4 Å². The van der Waals surface area contributed by atoms with Gasteiger partial charge in [-0.1, -0.05) is 0 Å². The van der Waals surface area contributed by atoms with Crippen LogP contribution in [0, 0.1) is 0 Å². The summed E-state index contributed by atoms with van der Waals surface area (Å²) in [6.45, 7) is 9.09. The van der Waals surface area contributed by atoms with Crippen molar-refractivity contribution in [2.24, 2.45) is 0 Å². The van der Waals surface area contributed by atoms with Gasteiger partial charge in [0.1, 0.15) is 0 Å². The van der Waals surface area contributed by atoms with Gasteiger partial charge in [0.25, 0.3) is 0 Å². The Hall–Kier alpha value is 0.959. The molecular formula is C10H12S2Se2. The van der Waals surface area contributed by atoms with Crippen molar-refractivity contribution < 1.29 is 0 Å². The summed E-state index contributed by atoms with van der Waals surface area (Å²) >= 11 is 5.35. The fraction of sp³-hybridized carbons (Fsp3) is 0.400. The van der Waals surface area contributed by atoms with Gasteiger partial charge in [0.2, 0.25) is 0 Å². The molecule has 76 valence electrons. The van der Waals surface area contributed by atoms with Crippen molar-refractivity contribution in [2.75, 3.05) is 0 Å². The van der Waals surface area contributed by atoms with E-state index in [0.717, 1.165) is 0 Å². The Bertz CT molecular complexity index is 310. The van der Waals surface area contributed by atoms with Crippen LogP contribution in [0.2, 0.25) is 0 Å². The summed E-state index contributed by atoms with van der Waals surface area (Å²) in [5.41, 5.74) is 0. The van der Waals surface area contributed by atoms with E-state index < -0.39 is 0 Å². The second-order valence-electron chi connectivity index (χ2n) is 3.21. The third-order valence-corrected chi connectivity index (χ3v) is 12.6. The first-order chi connectivity index (χ1) is 6.58. The van der Waals surface area contributed by atoms with Crippen LogP contribution in [0.25, 0.3) is 0 Å². The Balaban J connectivity index is 2.17. The molecule has 0 atom stereocenters. The number of thioether (sulfide) groups is 2. The number of hydrogen-bond acceptors (Lipinski definition) is 2. The molecule has 2 rings (SSSR count). The van der Waals surface area contributed by atoms with Crippen molar-refractivity contribution in [2.45, 2.75) is 27.7 Å². The summed E-state index contributed by atoms with van der Waals surface area (Å²) in [6, 6.07) is 0. The zero-order valence-corrected chi connectivity index (χ0v) is 13.7. The number of rotatable bonds is 0. The first kappa shape index (κ1) is 11.4. The Kier molecular flexibility index (Phi) is 3.64. The summed E-state index contributed by atoms with van der Waals surface area (Å²) < 4.78 is 6.72. The monoisotopic (exact) mass is 356 g/mol. The van der Waals surface area contributed by atoms with Crippen LogP contribution in [0.15, 0.2) is 26.4 Å². The first-order valence-electron chi connectivity index (χ1n) is 4.38. The van der Waals surface area contributed by atoms with Crippen molar-refractivity contribution >= 4 is 53.4 Å². The van der Waals surface area contributed by atoms with Gasteiger partial charge in [0.05, 0.1) is 0 Å². The molecule has 14 heavy (non-hydrogen) atoms. The molecule has 0 radical (unpaired) electrons. The molecule has 0 saturated carbocycles. The Morgan fingerprint density at radius 2 is 1.21 bits per heavy atom. The molecule has 0 nitrogen and oxygen atoms in total. The summed E-state index contributed by atoms with van der Waals surface area (Å²) in [5.74, 6) is 0. The standard InChI is InChI=1S/C10H12S2Se2/c1-5-6(2)12-9(11-5)10-13-7(3)8(4)14-10/h1-4H3. The number of hydrogen-bond donors (Lipinski definition) is 0. The van der Waals surface area contributed by atoms with E-state index in [1.54, 1.807) is 16.6 Å². The molecule has 0 fully saturated rings. The van der Waals surface area contributed by atoms with Gasteiger partial charge < -0.3 is 0 Å². The van der Waals surface area contributed by atoms with Gasteiger partial charge in [-0.25, -0.2) is 0 Å². The van der Waals surface area contributed by atoms with Crippen LogP contribution in [-0.2, 0) is 0 Å². The molecule has 2 aliphatic heterocycles. The van der Waals surface area contributed by atoms with E-state index in [1.807, 2.05) is 23.5 Å². The second-order valence-corrected chi connectivity index (χ2v) is 12.4. The van der Waals surface area contributed by atoms with E-state index in [9.17, 15) is 0 Å². The minimum absolute atomic E-state index is 0.671. The summed E-state index contributed by atoms with van der Waals surface area (Å²) in [4.78, 5) is 3.01. The predicted octanol–water partition coefficient (Wildman–Crippen LogP) is 3.52. The topological polar surface area (TPSA) is 0 Å². The fourth-order valence-corrected chi connectivity index (χ4v) is 11.4. The SMILES string of the molecule is CC1=C(C)SC(=C2[Se]C(C)=C(C)[Se]2)S1. The molecule has 0 aromatic rings. The second kappa shape index (κ2) is 4.45. The minimum atomic E-state index is 0.671. The molecule has 0 aromatic carbocycles. The van der Waals surface area contributed by atoms with Crippen molar-refractivity contribution in [3.8, 4) is 0 Å². The van der Waals surface area contributed by atoms with Crippen molar-refractivity contribution in [1.29, 1.82) is 0 Å². The average molecular weight is 354 g/mol. The van der Waals surface area contributed by atoms with Gasteiger partial charge >= 0.3 is 107 Å². The maximum atomic E-state index is 2.31. The van der Waals surface area contributed by atoms with Gasteiger partial charge in [0.15, 0.2) is 0 Å². The normalized spacial score (nSPS) is 23.1. The van der Waals surface area contributed by atoms with Crippen LogP contribution < -0.4 is 0 Å². The molecule has 0 saturated heterocycles. The molecular weight excluding hydrogens is 342 g/mol. The first-order valence-corrected chi connectivity index (χ1v) is 9.44. The van der Waals surface area contributed by atoms with Crippen LogP contribution in [-0.4, -0.2) is 29.9 Å². The van der Waals surface area contributed by atoms with Crippen LogP contribution >= 0.6 is 23.5 Å². The fourth-order valence-electron chi connectivity index (χ4n) is 1.05. The quantitative estimate of drug-likeness (QED) is 0.611. The number of allylic oxidation sites excluding steroid dienone is 4. The van der Waals surface area contributed by atoms with Gasteiger partial charge in [-0.05, 0) is 0 Å². The van der Waals surface area contributed by atoms with Crippen LogP contribution in [0.4, 0.5) is 0 Å². The molecule has 0 bridgehead atoms. The summed E-state index contributed by atoms with van der Waals surface area (Å²) in [6.07, 6.45) is 0. The predicted molar refractivity (Wildman–Crippen MR) is 70.5 cm³/mol. The Morgan fingerprint density at radius 1 is 0.786 bits per heavy atom. The molecule has 0 aromatic heterocycles. The Morgan fingerprint density at radius 3 is 1.64 bits per heavy atom. The molecule has 4 heteroatoms. The van der Waals surface area contributed by atoms with Gasteiger partial charge in [-0.15, -0.1) is 0 Å². The molecule has 0 amide bonds. The van der Waals surface area contributed by atoms with Gasteiger partial charge in [-0.3, -0.25) is 0 Å². The zero-order valence-electron chi connectivity index (χ0n) is 8.63. The maximum absolute atomic E-state index is 2.31. The third kappa shape index (κ3) is 2.21. The summed E-state index contributed by atoms with van der Waals surface area (Å²) in [7, 11) is 0. The molecule has 2 aliphatic rings. The van der Waals surface area contributed by atoms with E-state index >= 15 is 0 Å². The third-order valence-electron chi connectivity index (χ3n) is 2.14. The average Bonchev–Trinajstić information content (AvgIpc) is 2.60. The van der Waals surface area contributed by atoms with Gasteiger partial charge in [0, 0.05) is 0 Å². The zero-order chi connectivity index (χ0) is 10.3. The molecule has 0 unspecified atom stereocenters. The van der Waals surface area contributed by atoms with Crippen LogP contribution in [0.1, 0.15) is 27.7 Å². The van der Waals surface area contributed by atoms with E-state index in [4.69, 9.17) is 0 Å². The van der Waals surface area contributed by atoms with E-state index in [0.29, 0.717) is 29.9 Å². The van der Waals surface area contributed by atoms with E-state index in [2.05, 4.69) is 27.7 Å². The molecule has 2 heterocycles.